The number of benzene rings is 8. The Balaban J connectivity index is 1.05. The van der Waals surface area contributed by atoms with Crippen molar-refractivity contribution in [2.45, 2.75) is 0 Å². The van der Waals surface area contributed by atoms with Crippen LogP contribution in [0.4, 0.5) is 0 Å². The fourth-order valence-electron chi connectivity index (χ4n) is 7.48. The summed E-state index contributed by atoms with van der Waals surface area (Å²) in [5.74, 6) is 3.52. The molecule has 0 amide bonds. The summed E-state index contributed by atoms with van der Waals surface area (Å²) in [7, 11) is 0. The van der Waals surface area contributed by atoms with Crippen LogP contribution in [0, 0.1) is 11.3 Å². The average molecular weight is 768 g/mol. The standard InChI is InChI=1S/C53H33N7/c54-34-42-31-32-45(46-25-12-10-24-44(42)46)40-21-14-22-41(33-40)52-57-48(36-15-4-1-5-16-36)55-51(58-52)39-29-27-35(28-30-39)43-23-11-13-26-47(43)53-59-49(37-17-6-2-7-18-37)56-50(60-53)38-19-8-3-9-20-38/h1-33H. The van der Waals surface area contributed by atoms with Gasteiger partial charge in [0.1, 0.15) is 0 Å². The highest BCUT2D eigenvalue weighted by atomic mass is 15.0. The van der Waals surface area contributed by atoms with Crippen molar-refractivity contribution in [3.8, 4) is 96.7 Å². The maximum atomic E-state index is 9.77. The first-order valence-corrected chi connectivity index (χ1v) is 19.6. The summed E-state index contributed by atoms with van der Waals surface area (Å²) in [5.41, 5.74) is 10.00. The smallest absolute Gasteiger partial charge is 0.164 e. The molecule has 7 nitrogen and oxygen atoms in total. The molecule has 10 rings (SSSR count). The molecule has 7 heteroatoms. The summed E-state index contributed by atoms with van der Waals surface area (Å²) in [4.78, 5) is 30.0. The molecule has 60 heavy (non-hydrogen) atoms. The predicted octanol–water partition coefficient (Wildman–Crippen LogP) is 12.4. The zero-order valence-corrected chi connectivity index (χ0v) is 32.2. The Morgan fingerprint density at radius 1 is 0.267 bits per heavy atom. The van der Waals surface area contributed by atoms with Gasteiger partial charge in [0.25, 0.3) is 0 Å². The van der Waals surface area contributed by atoms with E-state index in [0.717, 1.165) is 66.4 Å². The molecule has 0 N–H and O–H groups in total. The summed E-state index contributed by atoms with van der Waals surface area (Å²) in [5, 5.41) is 11.7. The summed E-state index contributed by atoms with van der Waals surface area (Å²) in [6.45, 7) is 0. The van der Waals surface area contributed by atoms with Crippen LogP contribution < -0.4 is 0 Å². The minimum Gasteiger partial charge on any atom is -0.208 e. The Kier molecular flexibility index (Phi) is 9.47. The number of nitriles is 1. The summed E-state index contributed by atoms with van der Waals surface area (Å²) in [6, 6.07) is 68.9. The topological polar surface area (TPSA) is 101 Å². The van der Waals surface area contributed by atoms with Gasteiger partial charge in [-0.15, -0.1) is 0 Å². The van der Waals surface area contributed by atoms with Crippen molar-refractivity contribution < 1.29 is 0 Å². The van der Waals surface area contributed by atoms with Crippen molar-refractivity contribution in [1.29, 1.82) is 5.26 Å². The van der Waals surface area contributed by atoms with Crippen LogP contribution in [0.5, 0.6) is 0 Å². The van der Waals surface area contributed by atoms with Crippen molar-refractivity contribution in [3.05, 3.63) is 206 Å². The van der Waals surface area contributed by atoms with E-state index in [2.05, 4.69) is 60.7 Å². The van der Waals surface area contributed by atoms with Gasteiger partial charge >= 0.3 is 0 Å². The number of nitrogens with zero attached hydrogens (tertiary/aromatic N) is 7. The van der Waals surface area contributed by atoms with Gasteiger partial charge in [0.15, 0.2) is 34.9 Å². The number of hydrogen-bond acceptors (Lipinski definition) is 7. The molecule has 0 atom stereocenters. The molecular weight excluding hydrogens is 735 g/mol. The Labute approximate surface area is 347 Å². The quantitative estimate of drug-likeness (QED) is 0.152. The molecule has 8 aromatic carbocycles. The number of hydrogen-bond donors (Lipinski definition) is 0. The van der Waals surface area contributed by atoms with Crippen LogP contribution in [-0.2, 0) is 0 Å². The zero-order chi connectivity index (χ0) is 40.3. The summed E-state index contributed by atoms with van der Waals surface area (Å²) in [6.07, 6.45) is 0. The van der Waals surface area contributed by atoms with E-state index < -0.39 is 0 Å². The molecule has 280 valence electrons. The van der Waals surface area contributed by atoms with Crippen LogP contribution in [0.1, 0.15) is 5.56 Å². The van der Waals surface area contributed by atoms with Crippen LogP contribution in [-0.4, -0.2) is 29.9 Å². The molecule has 0 saturated heterocycles. The molecule has 0 saturated carbocycles. The molecule has 2 heterocycles. The van der Waals surface area contributed by atoms with Crippen LogP contribution in [0.25, 0.3) is 101 Å². The Morgan fingerprint density at radius 2 is 0.667 bits per heavy atom. The van der Waals surface area contributed by atoms with E-state index in [1.165, 1.54) is 0 Å². The highest BCUT2D eigenvalue weighted by molar-refractivity contribution is 6.00. The van der Waals surface area contributed by atoms with E-state index in [4.69, 9.17) is 29.9 Å². The lowest BCUT2D eigenvalue weighted by atomic mass is 9.94. The van der Waals surface area contributed by atoms with Crippen molar-refractivity contribution >= 4 is 10.8 Å². The van der Waals surface area contributed by atoms with Gasteiger partial charge in [-0.05, 0) is 39.8 Å². The lowest BCUT2D eigenvalue weighted by Gasteiger charge is -2.13. The van der Waals surface area contributed by atoms with Gasteiger partial charge in [-0.25, -0.2) is 29.9 Å². The highest BCUT2D eigenvalue weighted by Crippen LogP contribution is 2.36. The van der Waals surface area contributed by atoms with Crippen molar-refractivity contribution in [2.75, 3.05) is 0 Å². The summed E-state index contributed by atoms with van der Waals surface area (Å²) >= 11 is 0. The molecule has 0 aliphatic heterocycles. The molecule has 0 bridgehead atoms. The Morgan fingerprint density at radius 3 is 1.22 bits per heavy atom. The van der Waals surface area contributed by atoms with Gasteiger partial charge in [-0.3, -0.25) is 0 Å². The van der Waals surface area contributed by atoms with Crippen molar-refractivity contribution in [1.82, 2.24) is 29.9 Å². The van der Waals surface area contributed by atoms with Crippen LogP contribution >= 0.6 is 0 Å². The molecule has 0 fully saturated rings. The van der Waals surface area contributed by atoms with E-state index in [9.17, 15) is 5.26 Å². The Hall–Kier alpha value is -8.47. The van der Waals surface area contributed by atoms with Crippen molar-refractivity contribution in [2.24, 2.45) is 0 Å². The first kappa shape index (κ1) is 35.9. The molecule has 2 aromatic heterocycles. The van der Waals surface area contributed by atoms with Gasteiger partial charge in [0.05, 0.1) is 11.6 Å². The van der Waals surface area contributed by atoms with Crippen molar-refractivity contribution in [3.63, 3.8) is 0 Å². The van der Waals surface area contributed by atoms with Crippen LogP contribution in [0.3, 0.4) is 0 Å². The molecule has 0 radical (unpaired) electrons. The lowest BCUT2D eigenvalue weighted by molar-refractivity contribution is 1.07. The van der Waals surface area contributed by atoms with Crippen LogP contribution in [0.2, 0.25) is 0 Å². The van der Waals surface area contributed by atoms with E-state index in [0.29, 0.717) is 40.5 Å². The molecule has 0 spiro atoms. The second kappa shape index (κ2) is 15.8. The molecular formula is C53H33N7. The SMILES string of the molecule is N#Cc1ccc(-c2cccc(-c3nc(-c4ccccc4)nc(-c4ccc(-c5ccccc5-c5nc(-c6ccccc6)nc(-c6ccccc6)n5)cc4)n3)c2)c2ccccc12. The lowest BCUT2D eigenvalue weighted by Crippen LogP contribution is -2.01. The minimum absolute atomic E-state index is 0.561. The zero-order valence-electron chi connectivity index (χ0n) is 32.2. The third-order valence-corrected chi connectivity index (χ3v) is 10.5. The molecule has 0 aliphatic rings. The van der Waals surface area contributed by atoms with Gasteiger partial charge in [-0.1, -0.05) is 188 Å². The van der Waals surface area contributed by atoms with Gasteiger partial charge in [-0.2, -0.15) is 5.26 Å². The van der Waals surface area contributed by atoms with E-state index >= 15 is 0 Å². The number of rotatable bonds is 8. The van der Waals surface area contributed by atoms with E-state index in [1.807, 2.05) is 146 Å². The maximum Gasteiger partial charge on any atom is 0.164 e. The fraction of sp³-hybridized carbons (Fsp3) is 0. The third-order valence-electron chi connectivity index (χ3n) is 10.5. The van der Waals surface area contributed by atoms with Gasteiger partial charge in [0.2, 0.25) is 0 Å². The normalized spacial score (nSPS) is 11.0. The Bertz CT molecular complexity index is 3140. The largest absolute Gasteiger partial charge is 0.208 e. The number of fused-ring (bicyclic) bond motifs is 1. The highest BCUT2D eigenvalue weighted by Gasteiger charge is 2.18. The van der Waals surface area contributed by atoms with Gasteiger partial charge < -0.3 is 0 Å². The summed E-state index contributed by atoms with van der Waals surface area (Å²) < 4.78 is 0. The molecule has 0 aliphatic carbocycles. The third kappa shape index (κ3) is 7.06. The van der Waals surface area contributed by atoms with E-state index in [1.54, 1.807) is 0 Å². The average Bonchev–Trinajstić information content (AvgIpc) is 3.34. The molecule has 0 unspecified atom stereocenters. The number of aromatic nitrogens is 6. The van der Waals surface area contributed by atoms with E-state index in [-0.39, 0.29) is 0 Å². The minimum atomic E-state index is 0.561. The predicted molar refractivity (Wildman–Crippen MR) is 239 cm³/mol. The fourth-order valence-corrected chi connectivity index (χ4v) is 7.48. The van der Waals surface area contributed by atoms with Crippen LogP contribution in [0.15, 0.2) is 200 Å². The first-order chi connectivity index (χ1) is 29.7. The second-order valence-corrected chi connectivity index (χ2v) is 14.2. The maximum absolute atomic E-state index is 9.77. The monoisotopic (exact) mass is 767 g/mol. The first-order valence-electron chi connectivity index (χ1n) is 19.6. The van der Waals surface area contributed by atoms with Gasteiger partial charge in [0, 0.05) is 38.8 Å². The second-order valence-electron chi connectivity index (χ2n) is 14.2. The molecule has 10 aromatic rings.